The van der Waals surface area contributed by atoms with E-state index in [-0.39, 0.29) is 112 Å². The Morgan fingerprint density at radius 1 is 0.760 bits per heavy atom. The van der Waals surface area contributed by atoms with Crippen molar-refractivity contribution in [3.8, 4) is 0 Å². The molecule has 6 aromatic heterocycles. The summed E-state index contributed by atoms with van der Waals surface area (Å²) in [6, 6.07) is 13.6. The van der Waals surface area contributed by atoms with Gasteiger partial charge in [-0.15, -0.1) is 21.2 Å². The number of anilines is 1. The number of Topliss-reactive ketones (excluding diaryl/α,β-unsaturated/α-hetero) is 3. The number of aromatic nitrogens is 6. The molecule has 7 aromatic rings. The molecule has 8 heterocycles. The molecule has 2 aliphatic rings. The molecule has 0 atom stereocenters. The van der Waals surface area contributed by atoms with Gasteiger partial charge < -0.3 is 65.4 Å². The van der Waals surface area contributed by atoms with Crippen molar-refractivity contribution >= 4 is 200 Å². The van der Waals surface area contributed by atoms with Crippen LogP contribution in [0.3, 0.4) is 0 Å². The summed E-state index contributed by atoms with van der Waals surface area (Å²) in [6.45, 7) is 5.65. The standard InChI is InChI=1S/C9H9N3O4S2.C8H7N3O4S2.C8H7NO4S.C6H5ClFN.C6H8N2O2S.C5H5NOS.C4H3NO2S.C4H10O.C2H7N.CH3F.CH4.CH3.BrH.ClH.Mg/c1-12-7(8(14)5-13)4-6(11-18(12,15)16)9-2-3-10-17-9;12-4-7(13)5-3-6(8-1-2-9-16-8)11-17(14,15)10-5;1-13-8(12)6(11)4-5(10)7-2-3-9-14-7;7-5-3-4(9)1-2-6(5)8;1-8(10-2)6(9)5-3-4-7-11-5;1-4(7)5-2-3-6-8-5;6-4(7)3-1-2-5-8-3;1-3-5-4-2;1-3-2;1-2;;;;;/h2-4,13H,5H2,1H3;1-3,11-12H,4H2;2-4,11H,1H3;1-3H,9H2;3-4H,1-2H3;2-3H,1H3;1-2H,(H,6,7);3-4H2,1-2H3;3H,1-2H3;1H3;1H4;1H3;2*1H;/q;;;;;;;;;;;-1;;;+2/p-1/i;;;;;;;;;1D;;;;;. The van der Waals surface area contributed by atoms with Gasteiger partial charge in [-0.25, -0.2) is 45.3 Å². The summed E-state index contributed by atoms with van der Waals surface area (Å²) < 4.78 is 115. The second-order valence-corrected chi connectivity index (χ2v) is 24.5. The van der Waals surface area contributed by atoms with Crippen LogP contribution in [0.4, 0.5) is 14.5 Å². The Morgan fingerprint density at radius 3 is 1.57 bits per heavy atom. The van der Waals surface area contributed by atoms with Crippen LogP contribution in [-0.2, 0) is 49.1 Å². The van der Waals surface area contributed by atoms with Crippen LogP contribution in [0.15, 0.2) is 130 Å². The number of allylic oxidation sites excluding steroid dienone is 3. The smallest absolute Gasteiger partial charge is 1.00 e. The van der Waals surface area contributed by atoms with Gasteiger partial charge in [0, 0.05) is 83.2 Å². The van der Waals surface area contributed by atoms with E-state index in [1.807, 2.05) is 27.9 Å². The maximum Gasteiger partial charge on any atom is 2.00 e. The quantitative estimate of drug-likeness (QED) is 0.0109. The van der Waals surface area contributed by atoms with E-state index >= 15 is 0 Å². The number of ketones is 4. The van der Waals surface area contributed by atoms with Crippen LogP contribution in [0.2, 0.25) is 5.02 Å². The normalized spacial score (nSPS) is 12.0. The Morgan fingerprint density at radius 2 is 1.21 bits per heavy atom. The number of aromatic carboxylic acids is 1. The molecule has 1 aromatic carbocycles. The Bertz CT molecular complexity index is 3850. The number of carbonyl (C=O) groups is 7. The number of hydrogen-bond acceptors (Lipinski definition) is 31. The predicted molar refractivity (Wildman–Crippen MR) is 385 cm³/mol. The van der Waals surface area contributed by atoms with Crippen LogP contribution in [0.5, 0.6) is 0 Å². The number of amides is 1. The fourth-order valence-electron chi connectivity index (χ4n) is 5.24. The second-order valence-electron chi connectivity index (χ2n) is 16.2. The van der Waals surface area contributed by atoms with Crippen LogP contribution < -0.4 is 32.8 Å². The molecule has 0 unspecified atom stereocenters. The number of nitrogen functional groups attached to an aromatic ring is 1. The number of nitrogens with two attached hydrogens (primary N) is 1. The summed E-state index contributed by atoms with van der Waals surface area (Å²) in [7, 11) is 0.189. The Hall–Kier alpha value is -6.76. The van der Waals surface area contributed by atoms with Crippen molar-refractivity contribution in [2.45, 2.75) is 28.2 Å². The molecule has 8 N–H and O–H groups in total. The first-order chi connectivity index (χ1) is 45.4. The number of aliphatic hydroxyl groups excluding tert-OH is 3. The summed E-state index contributed by atoms with van der Waals surface area (Å²) in [6.07, 6.45) is 12.6. The van der Waals surface area contributed by atoms with E-state index in [1.54, 1.807) is 43.7 Å². The van der Waals surface area contributed by atoms with Crippen LogP contribution in [0.1, 0.15) is 78.0 Å². The Labute approximate surface area is 640 Å². The molecule has 0 aliphatic carbocycles. The van der Waals surface area contributed by atoms with Crippen LogP contribution in [0, 0.1) is 13.2 Å². The SMILES string of the molecule is C.CC(=O)c1ccns1.CCOCC.CN1C(C(=O)CO)=CC(c2ccns2)=NS1(=O)=O.CNC.COC(=O)C(O)=CC(=O)c1ccns1.CON(C)C(=O)c1ccns1.Cl.Nc1ccc(F)c(Cl)c1.O=C(CO)C1=NS(=O)(=O)NC(c2ccns2)=C1.O=C(O)c1ccns1.[2H]CF.[Br-].[CH3-].[Mg+2]. The number of nitrogens with zero attached hydrogens (tertiary/aromatic N) is 10. The summed E-state index contributed by atoms with van der Waals surface area (Å²) in [4.78, 5) is 84.2. The molecule has 100 heavy (non-hydrogen) atoms. The average Bonchev–Trinajstić information content (AvgIpc) is 1.44. The van der Waals surface area contributed by atoms with Gasteiger partial charge in [0.1, 0.15) is 40.2 Å². The van der Waals surface area contributed by atoms with Crippen molar-refractivity contribution in [3.05, 3.63) is 169 Å². The second kappa shape index (κ2) is 57.8. The third-order valence-electron chi connectivity index (χ3n) is 9.50. The van der Waals surface area contributed by atoms with Gasteiger partial charge >= 0.3 is 55.4 Å². The van der Waals surface area contributed by atoms with E-state index < -0.39 is 81.7 Å². The number of halogens is 5. The minimum absolute atomic E-state index is 0. The monoisotopic (exact) mass is 1670 g/mol. The molecular formula is C55H72BrCl2F2MgN13O18S8. The van der Waals surface area contributed by atoms with Gasteiger partial charge in [0.05, 0.1) is 58.7 Å². The first-order valence-corrected chi connectivity index (χ1v) is 33.5. The van der Waals surface area contributed by atoms with E-state index in [0.29, 0.717) is 25.2 Å². The summed E-state index contributed by atoms with van der Waals surface area (Å²) in [5.74, 6) is -5.00. The van der Waals surface area contributed by atoms with E-state index in [4.69, 9.17) is 48.7 Å². The van der Waals surface area contributed by atoms with Crippen LogP contribution >= 0.6 is 93.2 Å². The van der Waals surface area contributed by atoms with E-state index in [9.17, 15) is 59.2 Å². The third kappa shape index (κ3) is 40.6. The molecular weight excluding hydrogens is 1600 g/mol. The zero-order chi connectivity index (χ0) is 73.0. The number of benzene rings is 1. The molecule has 0 fully saturated rings. The van der Waals surface area contributed by atoms with E-state index in [1.165, 1.54) is 99.9 Å². The number of nitrogens with one attached hydrogen (secondary N) is 2. The maximum absolute atomic E-state index is 12.3. The van der Waals surface area contributed by atoms with Gasteiger partial charge in [-0.05, 0) is 164 Å². The van der Waals surface area contributed by atoms with Gasteiger partial charge in [0.25, 0.3) is 5.91 Å². The minimum atomic E-state index is -3.95. The van der Waals surface area contributed by atoms with Crippen LogP contribution in [-0.4, -0.2) is 224 Å². The van der Waals surface area contributed by atoms with Gasteiger partial charge in [-0.3, -0.25) is 42.2 Å². The fraction of sp³-hybridized carbons (Fsp3) is 0.273. The van der Waals surface area contributed by atoms with Gasteiger partial charge in [-0.1, -0.05) is 19.0 Å². The summed E-state index contributed by atoms with van der Waals surface area (Å²) >= 11 is 11.9. The largest absolute Gasteiger partial charge is 2.00 e. The zero-order valence-corrected chi connectivity index (χ0v) is 65.0. The average molecular weight is 1670 g/mol. The molecule has 0 bridgehead atoms. The number of likely N-dealkylation sites (N-methyl/N-ethyl adjacent to an activating group) is 1. The topological polar surface area (TPSA) is 455 Å². The molecule has 1 amide bonds. The number of carboxylic acids is 1. The number of carboxylic acid groups (broad SMARTS) is 1. The van der Waals surface area contributed by atoms with Crippen molar-refractivity contribution in [3.63, 3.8) is 0 Å². The third-order valence-corrected chi connectivity index (χ3v) is 16.6. The number of rotatable bonds is 15. The minimum Gasteiger partial charge on any atom is -1.00 e. The van der Waals surface area contributed by atoms with Crippen molar-refractivity contribution in [2.75, 3.05) is 81.7 Å². The molecule has 0 saturated carbocycles. The van der Waals surface area contributed by atoms with Gasteiger partial charge in [-0.2, -0.15) is 16.8 Å². The van der Waals surface area contributed by atoms with E-state index in [0.717, 1.165) is 98.3 Å². The molecule has 31 nitrogen and oxygen atoms in total. The molecule has 9 rings (SSSR count). The van der Waals surface area contributed by atoms with Crippen molar-refractivity contribution in [1.82, 2.24) is 45.6 Å². The van der Waals surface area contributed by atoms with Gasteiger partial charge in [0.2, 0.25) is 23.1 Å². The number of alkyl halides is 1. The molecule has 45 heteroatoms. The van der Waals surface area contributed by atoms with Crippen molar-refractivity contribution < 1.29 is 112 Å². The number of aliphatic hydroxyl groups is 3. The first-order valence-electron chi connectivity index (χ1n) is 26.3. The number of ether oxygens (including phenoxy) is 2. The Kier molecular flexibility index (Phi) is 58.9. The van der Waals surface area contributed by atoms with Gasteiger partial charge in [0.15, 0.2) is 5.78 Å². The maximum atomic E-state index is 12.3. The Balaban J connectivity index is -0.000000256. The number of methoxy groups -OCH3 is 1. The fourth-order valence-corrected chi connectivity index (χ4v) is 10.5. The number of hydroxylamine groups is 2. The summed E-state index contributed by atoms with van der Waals surface area (Å²) in [5.41, 5.74) is 5.71. The van der Waals surface area contributed by atoms with Crippen LogP contribution in [0.25, 0.3) is 5.70 Å². The van der Waals surface area contributed by atoms with E-state index in [2.05, 4.69) is 49.8 Å². The predicted octanol–water partition coefficient (Wildman–Crippen LogP) is 4.46. The zero-order valence-electron chi connectivity index (χ0n) is 54.9. The van der Waals surface area contributed by atoms with Crippen molar-refractivity contribution in [2.24, 2.45) is 8.80 Å². The number of carbonyl (C=O) groups excluding carboxylic acids is 6. The number of hydrogen-bond donors (Lipinski definition) is 7. The number of esters is 1. The summed E-state index contributed by atoms with van der Waals surface area (Å²) in [5, 5.41) is 38.8. The molecule has 0 radical (unpaired) electrons. The first kappa shape index (κ1) is 102. The molecule has 0 spiro atoms. The van der Waals surface area contributed by atoms with Crippen molar-refractivity contribution in [1.29, 1.82) is 0 Å². The molecule has 550 valence electrons. The molecule has 0 saturated heterocycles. The molecule has 2 aliphatic heterocycles.